The van der Waals surface area contributed by atoms with Crippen LogP contribution in [-0.4, -0.2) is 41.5 Å². The number of likely N-dealkylation sites (N-methyl/N-ethyl adjacent to an activating group) is 1. The van der Waals surface area contributed by atoms with Crippen LogP contribution in [0.25, 0.3) is 0 Å². The number of nitrogens with zero attached hydrogens (tertiary/aromatic N) is 3. The topological polar surface area (TPSA) is 87.5 Å². The van der Waals surface area contributed by atoms with E-state index < -0.39 is 29.0 Å². The minimum absolute atomic E-state index is 0.125. The van der Waals surface area contributed by atoms with Crippen LogP contribution in [0.2, 0.25) is 0 Å². The molecule has 0 N–H and O–H groups in total. The maximum atomic E-state index is 13.3. The molecule has 0 bridgehead atoms. The Labute approximate surface area is 204 Å². The van der Waals surface area contributed by atoms with Crippen molar-refractivity contribution < 1.29 is 27.3 Å². The molecule has 0 heterocycles. The summed E-state index contributed by atoms with van der Waals surface area (Å²) in [6.45, 7) is 1.71. The number of hydrogen-bond donors (Lipinski definition) is 0. The molecule has 3 rings (SSSR count). The molecule has 2 unspecified atom stereocenters. The van der Waals surface area contributed by atoms with Crippen molar-refractivity contribution in [3.8, 4) is 6.07 Å². The smallest absolute Gasteiger partial charge is 0.416 e. The fourth-order valence-corrected chi connectivity index (χ4v) is 5.20. The van der Waals surface area contributed by atoms with Gasteiger partial charge in [-0.2, -0.15) is 18.4 Å². The largest absolute Gasteiger partial charge is 0.611 e. The molecule has 0 saturated heterocycles. The highest BCUT2D eigenvalue weighted by Gasteiger charge is 2.38. The molecular formula is C25H24F3N3O3S. The van der Waals surface area contributed by atoms with Gasteiger partial charge < -0.3 is 14.4 Å². The van der Waals surface area contributed by atoms with Gasteiger partial charge in [0.15, 0.2) is 10.7 Å². The van der Waals surface area contributed by atoms with Gasteiger partial charge >= 0.3 is 6.18 Å². The van der Waals surface area contributed by atoms with Crippen molar-refractivity contribution in [2.75, 3.05) is 24.7 Å². The van der Waals surface area contributed by atoms with Crippen LogP contribution >= 0.6 is 0 Å². The van der Waals surface area contributed by atoms with E-state index in [1.165, 1.54) is 41.1 Å². The van der Waals surface area contributed by atoms with Crippen molar-refractivity contribution in [3.05, 3.63) is 70.4 Å². The summed E-state index contributed by atoms with van der Waals surface area (Å²) in [4.78, 5) is 28.1. The van der Waals surface area contributed by atoms with Gasteiger partial charge in [0.25, 0.3) is 0 Å². The Bertz CT molecular complexity index is 1210. The fourth-order valence-electron chi connectivity index (χ4n) is 4.19. The van der Waals surface area contributed by atoms with Gasteiger partial charge in [0.1, 0.15) is 5.75 Å². The summed E-state index contributed by atoms with van der Waals surface area (Å²) in [5, 5.41) is 9.31. The van der Waals surface area contributed by atoms with E-state index in [9.17, 15) is 32.6 Å². The third-order valence-electron chi connectivity index (χ3n) is 5.96. The number of carbonyl (C=O) groups is 2. The highest BCUT2D eigenvalue weighted by atomic mass is 32.2. The predicted octanol–water partition coefficient (Wildman–Crippen LogP) is 4.59. The van der Waals surface area contributed by atoms with Crippen LogP contribution in [0, 0.1) is 11.3 Å². The lowest BCUT2D eigenvalue weighted by atomic mass is 9.94. The van der Waals surface area contributed by atoms with Gasteiger partial charge in [0, 0.05) is 49.1 Å². The fraction of sp³-hybridized carbons (Fsp3) is 0.320. The molecule has 0 aromatic heterocycles. The van der Waals surface area contributed by atoms with Crippen LogP contribution in [0.4, 0.5) is 18.9 Å². The Morgan fingerprint density at radius 2 is 1.91 bits per heavy atom. The highest BCUT2D eigenvalue weighted by molar-refractivity contribution is 7.91. The number of ketones is 1. The molecule has 6 nitrogen and oxygen atoms in total. The maximum absolute atomic E-state index is 13.3. The van der Waals surface area contributed by atoms with Crippen LogP contribution in [0.15, 0.2) is 58.6 Å². The molecule has 184 valence electrons. The molecule has 0 aliphatic heterocycles. The Hall–Kier alpha value is -3.29. The lowest BCUT2D eigenvalue weighted by Gasteiger charge is -2.31. The summed E-state index contributed by atoms with van der Waals surface area (Å²) in [5.74, 6) is -0.00115. The number of hydrogen-bond acceptors (Lipinski definition) is 5. The normalized spacial score (nSPS) is 15.5. The molecule has 0 fully saturated rings. The van der Waals surface area contributed by atoms with Gasteiger partial charge in [-0.15, -0.1) is 0 Å². The standard InChI is InChI=1S/C25H24F3N3O3S/c1-4-35(34)22-12-16(14-29)8-9-19(22)24(30(2)15-32)23-20(10-11-21(23)33)31(3)18-7-5-6-17(13-18)25(26,27)28/h5-9,12-13,15,24H,4,10-11H2,1-3H3. The minimum Gasteiger partial charge on any atom is -0.611 e. The first kappa shape index (κ1) is 26.3. The molecule has 0 spiro atoms. The van der Waals surface area contributed by atoms with E-state index in [1.807, 2.05) is 6.07 Å². The quantitative estimate of drug-likeness (QED) is 0.389. The minimum atomic E-state index is -4.53. The van der Waals surface area contributed by atoms with E-state index in [4.69, 9.17) is 0 Å². The van der Waals surface area contributed by atoms with Crippen molar-refractivity contribution in [2.45, 2.75) is 36.9 Å². The van der Waals surface area contributed by atoms with Gasteiger partial charge in [-0.1, -0.05) is 12.1 Å². The number of anilines is 1. The molecule has 1 amide bonds. The van der Waals surface area contributed by atoms with E-state index in [0.29, 0.717) is 22.6 Å². The summed E-state index contributed by atoms with van der Waals surface area (Å²) in [6, 6.07) is 10.4. The average molecular weight is 504 g/mol. The molecule has 0 saturated carbocycles. The lowest BCUT2D eigenvalue weighted by molar-refractivity contribution is -0.137. The molecule has 2 atom stereocenters. The van der Waals surface area contributed by atoms with E-state index in [-0.39, 0.29) is 41.2 Å². The first-order chi connectivity index (χ1) is 16.5. The number of halogens is 3. The molecular weight excluding hydrogens is 479 g/mol. The zero-order valence-electron chi connectivity index (χ0n) is 19.4. The Kier molecular flexibility index (Phi) is 7.93. The summed E-state index contributed by atoms with van der Waals surface area (Å²) >= 11 is -1.50. The monoisotopic (exact) mass is 503 g/mol. The summed E-state index contributed by atoms with van der Waals surface area (Å²) < 4.78 is 52.7. The molecule has 35 heavy (non-hydrogen) atoms. The maximum Gasteiger partial charge on any atom is 0.416 e. The Morgan fingerprint density at radius 1 is 1.20 bits per heavy atom. The summed E-state index contributed by atoms with van der Waals surface area (Å²) in [7, 11) is 3.06. The van der Waals surface area contributed by atoms with E-state index in [1.54, 1.807) is 20.0 Å². The zero-order chi connectivity index (χ0) is 25.9. The molecule has 1 aliphatic carbocycles. The lowest BCUT2D eigenvalue weighted by Crippen LogP contribution is -2.30. The second-order valence-corrected chi connectivity index (χ2v) is 9.77. The summed E-state index contributed by atoms with van der Waals surface area (Å²) in [6.07, 6.45) is -3.59. The highest BCUT2D eigenvalue weighted by Crippen LogP contribution is 2.41. The van der Waals surface area contributed by atoms with Gasteiger partial charge in [-0.05, 0) is 48.8 Å². The van der Waals surface area contributed by atoms with E-state index in [0.717, 1.165) is 12.1 Å². The Balaban J connectivity index is 2.22. The van der Waals surface area contributed by atoms with Gasteiger partial charge in [-0.3, -0.25) is 9.59 Å². The number of allylic oxidation sites excluding steroid dienone is 1. The van der Waals surface area contributed by atoms with Crippen molar-refractivity contribution >= 4 is 29.1 Å². The SMILES string of the molecule is CC[S+]([O-])c1cc(C#N)ccc1C(C1=C(N(C)c2cccc(C(F)(F)F)c2)CCC1=O)N(C)C=O. The second-order valence-electron chi connectivity index (χ2n) is 8.06. The first-order valence-corrected chi connectivity index (χ1v) is 12.1. The third kappa shape index (κ3) is 5.36. The summed E-state index contributed by atoms with van der Waals surface area (Å²) in [5.41, 5.74) is 0.864. The number of nitriles is 1. The van der Waals surface area contributed by atoms with Crippen LogP contribution in [0.3, 0.4) is 0 Å². The zero-order valence-corrected chi connectivity index (χ0v) is 20.2. The van der Waals surface area contributed by atoms with Gasteiger partial charge in [-0.25, -0.2) is 0 Å². The van der Waals surface area contributed by atoms with Gasteiger partial charge in [0.05, 0.1) is 23.2 Å². The predicted molar refractivity (Wildman–Crippen MR) is 126 cm³/mol. The molecule has 0 radical (unpaired) electrons. The van der Waals surface area contributed by atoms with Gasteiger partial charge in [0.2, 0.25) is 6.41 Å². The molecule has 2 aromatic carbocycles. The Morgan fingerprint density at radius 3 is 2.51 bits per heavy atom. The number of amides is 1. The van der Waals surface area contributed by atoms with Crippen LogP contribution in [-0.2, 0) is 26.9 Å². The van der Waals surface area contributed by atoms with Crippen LogP contribution < -0.4 is 4.90 Å². The average Bonchev–Trinajstić information content (AvgIpc) is 3.23. The van der Waals surface area contributed by atoms with Crippen molar-refractivity contribution in [1.82, 2.24) is 4.90 Å². The number of Topliss-reactive ketones (excluding diaryl/α,β-unsaturated/α-hetero) is 1. The van der Waals surface area contributed by atoms with Crippen molar-refractivity contribution in [1.29, 1.82) is 5.26 Å². The second kappa shape index (κ2) is 10.5. The van der Waals surface area contributed by atoms with E-state index in [2.05, 4.69) is 0 Å². The first-order valence-electron chi connectivity index (χ1n) is 10.8. The van der Waals surface area contributed by atoms with E-state index >= 15 is 0 Å². The molecule has 1 aliphatic rings. The van der Waals surface area contributed by atoms with Crippen LogP contribution in [0.5, 0.6) is 0 Å². The van der Waals surface area contributed by atoms with Crippen molar-refractivity contribution in [2.24, 2.45) is 0 Å². The number of alkyl halides is 3. The van der Waals surface area contributed by atoms with Crippen molar-refractivity contribution in [3.63, 3.8) is 0 Å². The number of benzene rings is 2. The number of carbonyl (C=O) groups excluding carboxylic acids is 2. The molecule has 2 aromatic rings. The molecule has 10 heteroatoms. The number of rotatable bonds is 8. The van der Waals surface area contributed by atoms with Crippen LogP contribution in [0.1, 0.15) is 42.5 Å². The third-order valence-corrected chi connectivity index (χ3v) is 7.33.